The predicted octanol–water partition coefficient (Wildman–Crippen LogP) is 3.95. The van der Waals surface area contributed by atoms with Crippen LogP contribution >= 0.6 is 0 Å². The summed E-state index contributed by atoms with van der Waals surface area (Å²) in [6.07, 6.45) is 0. The summed E-state index contributed by atoms with van der Waals surface area (Å²) in [6.45, 7) is 7.62. The average molecular weight is 340 g/mol. The van der Waals surface area contributed by atoms with Crippen molar-refractivity contribution in [2.45, 2.75) is 27.7 Å². The molecule has 0 saturated carbocycles. The molecule has 0 aliphatic rings. The third-order valence-electron chi connectivity index (χ3n) is 3.48. The monoisotopic (exact) mass is 340 g/mol. The average Bonchev–Trinajstić information content (AvgIpc) is 2.88. The van der Waals surface area contributed by atoms with E-state index in [1.54, 1.807) is 31.2 Å². The van der Waals surface area contributed by atoms with Crippen molar-refractivity contribution in [1.29, 1.82) is 5.26 Å². The third kappa shape index (κ3) is 4.27. The van der Waals surface area contributed by atoms with Gasteiger partial charge in [0.05, 0.1) is 12.2 Å². The van der Waals surface area contributed by atoms with E-state index in [4.69, 9.17) is 9.15 Å². The van der Waals surface area contributed by atoms with Gasteiger partial charge in [-0.25, -0.2) is 0 Å². The van der Waals surface area contributed by atoms with E-state index in [0.717, 1.165) is 0 Å². The van der Waals surface area contributed by atoms with Gasteiger partial charge in [-0.15, -0.1) is 0 Å². The van der Waals surface area contributed by atoms with E-state index >= 15 is 0 Å². The molecule has 2 aromatic rings. The summed E-state index contributed by atoms with van der Waals surface area (Å²) in [5.41, 5.74) is 0.615. The SMILES string of the molecule is CC(=O)c1c(C)oc(NC(=O)c2ccc(OCC(C)C)cc2)c1C#N. The van der Waals surface area contributed by atoms with Crippen LogP contribution in [0, 0.1) is 24.2 Å². The van der Waals surface area contributed by atoms with Crippen molar-refractivity contribution in [3.8, 4) is 11.8 Å². The molecule has 0 saturated heterocycles. The van der Waals surface area contributed by atoms with Gasteiger partial charge in [0.25, 0.3) is 5.91 Å². The topological polar surface area (TPSA) is 92.3 Å². The Morgan fingerprint density at radius 2 is 1.92 bits per heavy atom. The Labute approximate surface area is 146 Å². The molecule has 1 heterocycles. The van der Waals surface area contributed by atoms with Gasteiger partial charge in [-0.1, -0.05) is 13.8 Å². The van der Waals surface area contributed by atoms with Crippen molar-refractivity contribution >= 4 is 17.6 Å². The molecule has 6 heteroatoms. The van der Waals surface area contributed by atoms with Crippen LogP contribution in [0.2, 0.25) is 0 Å². The van der Waals surface area contributed by atoms with Crippen LogP contribution < -0.4 is 10.1 Å². The first-order chi connectivity index (χ1) is 11.8. The number of Topliss-reactive ketones (excluding diaryl/α,β-unsaturated/α-hetero) is 1. The minimum Gasteiger partial charge on any atom is -0.493 e. The maximum absolute atomic E-state index is 12.3. The molecule has 0 spiro atoms. The molecular weight excluding hydrogens is 320 g/mol. The zero-order valence-electron chi connectivity index (χ0n) is 14.7. The molecular formula is C19H20N2O4. The molecule has 25 heavy (non-hydrogen) atoms. The quantitative estimate of drug-likeness (QED) is 0.804. The van der Waals surface area contributed by atoms with Gasteiger partial charge in [-0.05, 0) is 44.0 Å². The van der Waals surface area contributed by atoms with Gasteiger partial charge < -0.3 is 9.15 Å². The summed E-state index contributed by atoms with van der Waals surface area (Å²) >= 11 is 0. The van der Waals surface area contributed by atoms with Crippen LogP contribution in [0.5, 0.6) is 5.75 Å². The number of furan rings is 1. The standard InChI is InChI=1S/C19H20N2O4/c1-11(2)10-24-15-7-5-14(6-8-15)18(23)21-19-16(9-20)17(12(3)22)13(4)25-19/h5-8,11H,10H2,1-4H3,(H,21,23). The fourth-order valence-corrected chi connectivity index (χ4v) is 2.30. The number of carbonyl (C=O) groups is 2. The third-order valence-corrected chi connectivity index (χ3v) is 3.48. The molecule has 1 aromatic carbocycles. The lowest BCUT2D eigenvalue weighted by atomic mass is 10.1. The van der Waals surface area contributed by atoms with Crippen molar-refractivity contribution in [3.63, 3.8) is 0 Å². The van der Waals surface area contributed by atoms with Gasteiger partial charge in [0.15, 0.2) is 5.78 Å². The molecule has 130 valence electrons. The van der Waals surface area contributed by atoms with Gasteiger partial charge in [0.2, 0.25) is 5.88 Å². The maximum Gasteiger partial charge on any atom is 0.258 e. The molecule has 0 unspecified atom stereocenters. The van der Waals surface area contributed by atoms with Crippen LogP contribution in [-0.2, 0) is 0 Å². The van der Waals surface area contributed by atoms with Crippen LogP contribution in [0.1, 0.15) is 52.8 Å². The van der Waals surface area contributed by atoms with Crippen molar-refractivity contribution in [1.82, 2.24) is 0 Å². The molecule has 2 rings (SSSR count). The Kier molecular flexibility index (Phi) is 5.60. The Morgan fingerprint density at radius 1 is 1.28 bits per heavy atom. The Balaban J connectivity index is 2.16. The normalized spacial score (nSPS) is 10.4. The maximum atomic E-state index is 12.3. The second-order valence-corrected chi connectivity index (χ2v) is 6.09. The Morgan fingerprint density at radius 3 is 2.44 bits per heavy atom. The molecule has 0 fully saturated rings. The number of anilines is 1. The van der Waals surface area contributed by atoms with E-state index in [2.05, 4.69) is 19.2 Å². The number of rotatable bonds is 6. The molecule has 6 nitrogen and oxygen atoms in total. The second kappa shape index (κ2) is 7.67. The van der Waals surface area contributed by atoms with Crippen LogP contribution in [0.25, 0.3) is 0 Å². The van der Waals surface area contributed by atoms with Crippen molar-refractivity contribution in [3.05, 3.63) is 46.7 Å². The zero-order valence-corrected chi connectivity index (χ0v) is 14.7. The molecule has 0 atom stereocenters. The highest BCUT2D eigenvalue weighted by atomic mass is 16.5. The van der Waals surface area contributed by atoms with E-state index in [1.807, 2.05) is 6.07 Å². The Hall–Kier alpha value is -3.07. The van der Waals surface area contributed by atoms with Gasteiger partial charge >= 0.3 is 0 Å². The number of ketones is 1. The summed E-state index contributed by atoms with van der Waals surface area (Å²) in [5.74, 6) is 0.647. The van der Waals surface area contributed by atoms with Crippen LogP contribution in [0.15, 0.2) is 28.7 Å². The summed E-state index contributed by atoms with van der Waals surface area (Å²) in [6, 6.07) is 8.57. The summed E-state index contributed by atoms with van der Waals surface area (Å²) < 4.78 is 11.0. The number of nitrogens with zero attached hydrogens (tertiary/aromatic N) is 1. The highest BCUT2D eigenvalue weighted by Gasteiger charge is 2.22. The Bertz CT molecular complexity index is 826. The number of carbonyl (C=O) groups excluding carboxylic acids is 2. The number of nitriles is 1. The lowest BCUT2D eigenvalue weighted by molar-refractivity contribution is 0.101. The molecule has 0 bridgehead atoms. The molecule has 0 aliphatic carbocycles. The highest BCUT2D eigenvalue weighted by Crippen LogP contribution is 2.27. The molecule has 0 radical (unpaired) electrons. The number of nitrogens with one attached hydrogen (secondary N) is 1. The number of aryl methyl sites for hydroxylation is 1. The van der Waals surface area contributed by atoms with Gasteiger partial charge in [-0.2, -0.15) is 5.26 Å². The fraction of sp³-hybridized carbons (Fsp3) is 0.316. The highest BCUT2D eigenvalue weighted by molar-refractivity contribution is 6.06. The van der Waals surface area contributed by atoms with Gasteiger partial charge in [0.1, 0.15) is 23.1 Å². The summed E-state index contributed by atoms with van der Waals surface area (Å²) in [7, 11) is 0. The molecule has 1 aromatic heterocycles. The van der Waals surface area contributed by atoms with Crippen molar-refractivity contribution < 1.29 is 18.7 Å². The minimum atomic E-state index is -0.434. The van der Waals surface area contributed by atoms with Crippen molar-refractivity contribution in [2.24, 2.45) is 5.92 Å². The first-order valence-electron chi connectivity index (χ1n) is 7.92. The van der Waals surface area contributed by atoms with Crippen LogP contribution in [0.3, 0.4) is 0 Å². The van der Waals surface area contributed by atoms with E-state index in [1.165, 1.54) is 6.92 Å². The number of hydrogen-bond donors (Lipinski definition) is 1. The summed E-state index contributed by atoms with van der Waals surface area (Å²) in [5, 5.41) is 11.8. The largest absolute Gasteiger partial charge is 0.493 e. The summed E-state index contributed by atoms with van der Waals surface area (Å²) in [4.78, 5) is 24.0. The van der Waals surface area contributed by atoms with E-state index in [9.17, 15) is 14.9 Å². The predicted molar refractivity (Wildman–Crippen MR) is 92.9 cm³/mol. The van der Waals surface area contributed by atoms with Crippen molar-refractivity contribution in [2.75, 3.05) is 11.9 Å². The molecule has 0 aliphatic heterocycles. The lowest BCUT2D eigenvalue weighted by Gasteiger charge is -2.09. The zero-order chi connectivity index (χ0) is 18.6. The fourth-order valence-electron chi connectivity index (χ4n) is 2.30. The first kappa shape index (κ1) is 18.3. The number of amides is 1. The first-order valence-corrected chi connectivity index (χ1v) is 7.92. The van der Waals surface area contributed by atoms with Crippen LogP contribution in [0.4, 0.5) is 5.88 Å². The van der Waals surface area contributed by atoms with Gasteiger partial charge in [-0.3, -0.25) is 14.9 Å². The van der Waals surface area contributed by atoms with E-state index in [-0.39, 0.29) is 22.8 Å². The van der Waals surface area contributed by atoms with Crippen LogP contribution in [-0.4, -0.2) is 18.3 Å². The van der Waals surface area contributed by atoms with Gasteiger partial charge in [0, 0.05) is 5.56 Å². The lowest BCUT2D eigenvalue weighted by Crippen LogP contribution is -2.12. The minimum absolute atomic E-state index is 0.0182. The number of hydrogen-bond acceptors (Lipinski definition) is 5. The molecule has 1 N–H and O–H groups in total. The second-order valence-electron chi connectivity index (χ2n) is 6.09. The molecule has 1 amide bonds. The van der Waals surface area contributed by atoms with E-state index < -0.39 is 5.91 Å². The number of ether oxygens (including phenoxy) is 1. The van der Waals surface area contributed by atoms with E-state index in [0.29, 0.717) is 29.6 Å². The number of benzene rings is 1. The smallest absolute Gasteiger partial charge is 0.258 e.